The van der Waals surface area contributed by atoms with Crippen molar-refractivity contribution in [1.82, 2.24) is 0 Å². The number of allylic oxidation sites excluding steroid dienone is 2. The second kappa shape index (κ2) is 7.02. The molecule has 0 aromatic heterocycles. The Balaban J connectivity index is 1.66. The second-order valence-corrected chi connectivity index (χ2v) is 7.75. The summed E-state index contributed by atoms with van der Waals surface area (Å²) in [5.74, 6) is 1.74. The van der Waals surface area contributed by atoms with Crippen LogP contribution in [0.2, 0.25) is 0 Å². The molecule has 0 saturated heterocycles. The molecule has 2 aliphatic rings. The molecule has 3 rings (SSSR count). The van der Waals surface area contributed by atoms with Crippen molar-refractivity contribution in [3.05, 3.63) is 47.5 Å². The summed E-state index contributed by atoms with van der Waals surface area (Å²) in [6.07, 6.45) is 17.8. The van der Waals surface area contributed by atoms with E-state index in [9.17, 15) is 0 Å². The molecule has 2 saturated carbocycles. The van der Waals surface area contributed by atoms with Crippen molar-refractivity contribution in [3.63, 3.8) is 0 Å². The van der Waals surface area contributed by atoms with Crippen LogP contribution in [-0.2, 0) is 0 Å². The van der Waals surface area contributed by atoms with Crippen LogP contribution in [0.3, 0.4) is 0 Å². The van der Waals surface area contributed by atoms with E-state index in [1.807, 2.05) is 0 Å². The van der Waals surface area contributed by atoms with Crippen LogP contribution in [0.25, 0.3) is 0 Å². The third-order valence-electron chi connectivity index (χ3n) is 6.37. The molecule has 0 aliphatic heterocycles. The molecule has 120 valence electrons. The molecule has 0 heteroatoms. The van der Waals surface area contributed by atoms with Gasteiger partial charge in [0.05, 0.1) is 0 Å². The Bertz CT molecular complexity index is 479. The molecule has 2 fully saturated rings. The lowest BCUT2D eigenvalue weighted by Crippen LogP contribution is -2.33. The van der Waals surface area contributed by atoms with Gasteiger partial charge in [0.2, 0.25) is 0 Å². The molecule has 0 atom stereocenters. The van der Waals surface area contributed by atoms with Gasteiger partial charge in [-0.25, -0.2) is 0 Å². The summed E-state index contributed by atoms with van der Waals surface area (Å²) in [7, 11) is 0. The zero-order valence-corrected chi connectivity index (χ0v) is 14.5. The normalized spacial score (nSPS) is 28.8. The first-order chi connectivity index (χ1) is 10.7. The summed E-state index contributed by atoms with van der Waals surface area (Å²) in [5.41, 5.74) is 3.50. The first-order valence-electron chi connectivity index (χ1n) is 9.44. The predicted octanol–water partition coefficient (Wildman–Crippen LogP) is 6.80. The van der Waals surface area contributed by atoms with E-state index in [2.05, 4.69) is 50.3 Å². The lowest BCUT2D eigenvalue weighted by molar-refractivity contribution is 0.112. The molecular formula is C22H32. The van der Waals surface area contributed by atoms with E-state index < -0.39 is 0 Å². The number of hydrogen-bond donors (Lipinski definition) is 0. The van der Waals surface area contributed by atoms with E-state index in [1.165, 1.54) is 63.4 Å². The Labute approximate surface area is 137 Å². The van der Waals surface area contributed by atoms with E-state index >= 15 is 0 Å². The van der Waals surface area contributed by atoms with Crippen LogP contribution in [0, 0.1) is 18.3 Å². The summed E-state index contributed by atoms with van der Waals surface area (Å²) >= 11 is 0. The Morgan fingerprint density at radius 3 is 2.14 bits per heavy atom. The highest BCUT2D eigenvalue weighted by molar-refractivity contribution is 5.25. The SMILES string of the molecule is CC=CC1(C2CCC(c3ccc(C)cc3)CC2)CCCCC1. The molecule has 0 bridgehead atoms. The van der Waals surface area contributed by atoms with Crippen molar-refractivity contribution in [3.8, 4) is 0 Å². The van der Waals surface area contributed by atoms with Crippen molar-refractivity contribution in [2.24, 2.45) is 11.3 Å². The molecule has 1 aromatic carbocycles. The van der Waals surface area contributed by atoms with Gasteiger partial charge in [-0.15, -0.1) is 0 Å². The first-order valence-corrected chi connectivity index (χ1v) is 9.44. The highest BCUT2D eigenvalue weighted by atomic mass is 14.4. The number of aryl methyl sites for hydroxylation is 1. The number of rotatable bonds is 3. The van der Waals surface area contributed by atoms with Crippen LogP contribution in [-0.4, -0.2) is 0 Å². The van der Waals surface area contributed by atoms with E-state index in [1.54, 1.807) is 5.56 Å². The zero-order chi connectivity index (χ0) is 15.4. The topological polar surface area (TPSA) is 0 Å². The van der Waals surface area contributed by atoms with Gasteiger partial charge in [0.25, 0.3) is 0 Å². The maximum absolute atomic E-state index is 2.59. The smallest absolute Gasteiger partial charge is 0.00901 e. The maximum Gasteiger partial charge on any atom is -0.00901 e. The van der Waals surface area contributed by atoms with E-state index in [0.717, 1.165) is 11.8 Å². The summed E-state index contributed by atoms with van der Waals surface area (Å²) in [5, 5.41) is 0. The molecule has 0 unspecified atom stereocenters. The van der Waals surface area contributed by atoms with Crippen LogP contribution in [0.5, 0.6) is 0 Å². The van der Waals surface area contributed by atoms with Crippen molar-refractivity contribution >= 4 is 0 Å². The lowest BCUT2D eigenvalue weighted by Gasteiger charge is -2.45. The largest absolute Gasteiger partial charge is 0.0911 e. The maximum atomic E-state index is 2.59. The highest BCUT2D eigenvalue weighted by Crippen LogP contribution is 2.51. The average Bonchev–Trinajstić information content (AvgIpc) is 2.57. The molecule has 0 amide bonds. The minimum Gasteiger partial charge on any atom is -0.0911 e. The molecule has 0 nitrogen and oxygen atoms in total. The van der Waals surface area contributed by atoms with Gasteiger partial charge in [0.15, 0.2) is 0 Å². The summed E-state index contributed by atoms with van der Waals surface area (Å²) in [4.78, 5) is 0. The highest BCUT2D eigenvalue weighted by Gasteiger charge is 2.39. The van der Waals surface area contributed by atoms with Crippen molar-refractivity contribution in [2.45, 2.75) is 77.6 Å². The van der Waals surface area contributed by atoms with Crippen LogP contribution >= 0.6 is 0 Å². The van der Waals surface area contributed by atoms with Crippen LogP contribution < -0.4 is 0 Å². The number of hydrogen-bond acceptors (Lipinski definition) is 0. The molecule has 0 radical (unpaired) electrons. The Hall–Kier alpha value is -1.04. The molecule has 0 heterocycles. The third kappa shape index (κ3) is 3.31. The molecule has 0 spiro atoms. The Morgan fingerprint density at radius 2 is 1.55 bits per heavy atom. The first kappa shape index (κ1) is 15.8. The van der Waals surface area contributed by atoms with Crippen LogP contribution in [0.4, 0.5) is 0 Å². The molecule has 22 heavy (non-hydrogen) atoms. The Kier molecular flexibility index (Phi) is 5.06. The van der Waals surface area contributed by atoms with Crippen molar-refractivity contribution in [2.75, 3.05) is 0 Å². The quantitative estimate of drug-likeness (QED) is 0.538. The summed E-state index contributed by atoms with van der Waals surface area (Å²) < 4.78 is 0. The van der Waals surface area contributed by atoms with Gasteiger partial charge in [-0.3, -0.25) is 0 Å². The predicted molar refractivity (Wildman–Crippen MR) is 96.2 cm³/mol. The van der Waals surface area contributed by atoms with Gasteiger partial charge < -0.3 is 0 Å². The molecule has 2 aliphatic carbocycles. The minimum absolute atomic E-state index is 0.547. The van der Waals surface area contributed by atoms with Gasteiger partial charge in [-0.2, -0.15) is 0 Å². The average molecular weight is 296 g/mol. The van der Waals surface area contributed by atoms with E-state index in [4.69, 9.17) is 0 Å². The fourth-order valence-corrected chi connectivity index (χ4v) is 5.09. The van der Waals surface area contributed by atoms with Crippen LogP contribution in [0.1, 0.15) is 81.8 Å². The third-order valence-corrected chi connectivity index (χ3v) is 6.37. The van der Waals surface area contributed by atoms with E-state index in [-0.39, 0.29) is 0 Å². The van der Waals surface area contributed by atoms with Gasteiger partial charge in [0.1, 0.15) is 0 Å². The molecular weight excluding hydrogens is 264 g/mol. The monoisotopic (exact) mass is 296 g/mol. The fourth-order valence-electron chi connectivity index (χ4n) is 5.09. The van der Waals surface area contributed by atoms with Gasteiger partial charge in [-0.1, -0.05) is 61.2 Å². The lowest BCUT2D eigenvalue weighted by atomic mass is 9.60. The van der Waals surface area contributed by atoms with Crippen molar-refractivity contribution in [1.29, 1.82) is 0 Å². The molecule has 0 N–H and O–H groups in total. The summed E-state index contributed by atoms with van der Waals surface area (Å²) in [6.45, 7) is 4.40. The summed E-state index contributed by atoms with van der Waals surface area (Å²) in [6, 6.07) is 9.29. The van der Waals surface area contributed by atoms with E-state index in [0.29, 0.717) is 5.41 Å². The van der Waals surface area contributed by atoms with Gasteiger partial charge in [-0.05, 0) is 75.2 Å². The fraction of sp³-hybridized carbons (Fsp3) is 0.636. The van der Waals surface area contributed by atoms with Gasteiger partial charge in [0, 0.05) is 0 Å². The van der Waals surface area contributed by atoms with Crippen molar-refractivity contribution < 1.29 is 0 Å². The zero-order valence-electron chi connectivity index (χ0n) is 14.5. The second-order valence-electron chi connectivity index (χ2n) is 7.75. The molecule has 1 aromatic rings. The Morgan fingerprint density at radius 1 is 0.909 bits per heavy atom. The van der Waals surface area contributed by atoms with Crippen LogP contribution in [0.15, 0.2) is 36.4 Å². The standard InChI is InChI=1S/C22H32/c1-3-15-22(16-5-4-6-17-22)21-13-11-20(12-14-21)19-9-7-18(2)8-10-19/h3,7-10,15,20-21H,4-6,11-14,16-17H2,1-2H3. The van der Waals surface area contributed by atoms with Gasteiger partial charge >= 0.3 is 0 Å². The minimum atomic E-state index is 0.547. The number of benzene rings is 1.